The molecule has 2 heterocycles. The lowest BCUT2D eigenvalue weighted by molar-refractivity contribution is -0.181. The highest BCUT2D eigenvalue weighted by molar-refractivity contribution is 5.98. The molecule has 0 aliphatic heterocycles. The van der Waals surface area contributed by atoms with E-state index >= 15 is 0 Å². The van der Waals surface area contributed by atoms with E-state index in [1.54, 1.807) is 0 Å². The van der Waals surface area contributed by atoms with Gasteiger partial charge in [0.05, 0.1) is 23.4 Å². The van der Waals surface area contributed by atoms with Gasteiger partial charge < -0.3 is 5.32 Å². The summed E-state index contributed by atoms with van der Waals surface area (Å²) in [5.74, 6) is -0.643. The number of aryl methyl sites for hydroxylation is 1. The smallest absolute Gasteiger partial charge is 0.345 e. The van der Waals surface area contributed by atoms with E-state index in [1.807, 2.05) is 0 Å². The van der Waals surface area contributed by atoms with Crippen molar-refractivity contribution in [2.45, 2.75) is 44.6 Å². The molecule has 0 bridgehead atoms. The zero-order valence-electron chi connectivity index (χ0n) is 17.6. The van der Waals surface area contributed by atoms with Crippen LogP contribution in [0.15, 0.2) is 36.5 Å². The molecule has 0 aliphatic rings. The number of nitrogens with one attached hydrogen (secondary N) is 1. The molecule has 0 saturated carbocycles. The van der Waals surface area contributed by atoms with E-state index in [1.165, 1.54) is 37.3 Å². The van der Waals surface area contributed by atoms with Gasteiger partial charge in [0.2, 0.25) is 0 Å². The van der Waals surface area contributed by atoms with Crippen molar-refractivity contribution < 1.29 is 31.1 Å². The van der Waals surface area contributed by atoms with Crippen molar-refractivity contribution in [2.75, 3.05) is 0 Å². The molecule has 1 aromatic carbocycles. The first-order chi connectivity index (χ1) is 14.6. The number of halogens is 6. The minimum atomic E-state index is -4.64. The molecule has 0 saturated heterocycles. The summed E-state index contributed by atoms with van der Waals surface area (Å²) in [6.07, 6.45) is -8.09. The number of benzene rings is 1. The van der Waals surface area contributed by atoms with Gasteiger partial charge in [0, 0.05) is 23.6 Å². The van der Waals surface area contributed by atoms with Crippen LogP contribution in [0.1, 0.15) is 54.1 Å². The summed E-state index contributed by atoms with van der Waals surface area (Å²) < 4.78 is 80.4. The SMILES string of the molecule is C[C@@H](NC(=O)c1ccc2nc(C(C)(C)C(F)(F)F)ccc2c1)c1cnn(C)c1C(F)(F)F. The van der Waals surface area contributed by atoms with Crippen LogP contribution in [0.2, 0.25) is 0 Å². The quantitative estimate of drug-likeness (QED) is 0.539. The topological polar surface area (TPSA) is 59.8 Å². The number of nitrogens with zero attached hydrogens (tertiary/aromatic N) is 3. The van der Waals surface area contributed by atoms with Crippen LogP contribution in [-0.2, 0) is 18.6 Å². The van der Waals surface area contributed by atoms with Gasteiger partial charge in [-0.25, -0.2) is 0 Å². The number of alkyl halides is 6. The maximum atomic E-state index is 13.3. The first-order valence-electron chi connectivity index (χ1n) is 9.51. The minimum Gasteiger partial charge on any atom is -0.345 e. The number of pyridine rings is 1. The molecule has 0 aliphatic carbocycles. The fourth-order valence-corrected chi connectivity index (χ4v) is 3.24. The summed E-state index contributed by atoms with van der Waals surface area (Å²) >= 11 is 0. The molecule has 5 nitrogen and oxygen atoms in total. The van der Waals surface area contributed by atoms with Crippen LogP contribution in [0.25, 0.3) is 10.9 Å². The Morgan fingerprint density at radius 1 is 1.06 bits per heavy atom. The van der Waals surface area contributed by atoms with Crippen molar-refractivity contribution in [1.29, 1.82) is 0 Å². The molecule has 0 fully saturated rings. The van der Waals surface area contributed by atoms with Crippen molar-refractivity contribution in [2.24, 2.45) is 7.05 Å². The third kappa shape index (κ3) is 4.28. The Bertz CT molecular complexity index is 1160. The molecule has 0 unspecified atom stereocenters. The molecule has 0 radical (unpaired) electrons. The highest BCUT2D eigenvalue weighted by atomic mass is 19.4. The van der Waals surface area contributed by atoms with Crippen molar-refractivity contribution in [3.8, 4) is 0 Å². The Balaban J connectivity index is 1.86. The molecule has 1 amide bonds. The zero-order chi connectivity index (χ0) is 24.1. The van der Waals surface area contributed by atoms with E-state index in [0.717, 1.165) is 27.1 Å². The van der Waals surface area contributed by atoms with Crippen LogP contribution in [0.3, 0.4) is 0 Å². The number of carbonyl (C=O) groups is 1. The van der Waals surface area contributed by atoms with Crippen LogP contribution in [-0.4, -0.2) is 26.8 Å². The second kappa shape index (κ2) is 7.79. The molecule has 3 aromatic rings. The number of rotatable bonds is 4. The van der Waals surface area contributed by atoms with Gasteiger partial charge in [0.15, 0.2) is 0 Å². The Hall–Kier alpha value is -3.11. The maximum absolute atomic E-state index is 13.3. The normalized spacial score (nSPS) is 13.9. The van der Waals surface area contributed by atoms with Gasteiger partial charge in [-0.3, -0.25) is 14.5 Å². The lowest BCUT2D eigenvalue weighted by atomic mass is 9.87. The van der Waals surface area contributed by atoms with E-state index < -0.39 is 35.4 Å². The molecule has 11 heteroatoms. The number of hydrogen-bond donors (Lipinski definition) is 1. The largest absolute Gasteiger partial charge is 0.433 e. The summed E-state index contributed by atoms with van der Waals surface area (Å²) in [7, 11) is 1.16. The average Bonchev–Trinajstić information content (AvgIpc) is 3.08. The first kappa shape index (κ1) is 23.6. The van der Waals surface area contributed by atoms with Gasteiger partial charge in [-0.1, -0.05) is 6.07 Å². The number of fused-ring (bicyclic) bond motifs is 1. The van der Waals surface area contributed by atoms with E-state index in [9.17, 15) is 31.1 Å². The fraction of sp³-hybridized carbons (Fsp3) is 0.381. The summed E-state index contributed by atoms with van der Waals surface area (Å²) in [6, 6.07) is 5.85. The zero-order valence-corrected chi connectivity index (χ0v) is 17.6. The molecule has 3 rings (SSSR count). The van der Waals surface area contributed by atoms with E-state index in [-0.39, 0.29) is 22.3 Å². The van der Waals surface area contributed by atoms with Crippen molar-refractivity contribution in [3.63, 3.8) is 0 Å². The van der Waals surface area contributed by atoms with Crippen molar-refractivity contribution in [3.05, 3.63) is 59.0 Å². The summed E-state index contributed by atoms with van der Waals surface area (Å²) in [5, 5.41) is 6.55. The molecule has 1 atom stereocenters. The highest BCUT2D eigenvalue weighted by Gasteiger charge is 2.49. The number of hydrogen-bond acceptors (Lipinski definition) is 3. The molecule has 172 valence electrons. The van der Waals surface area contributed by atoms with E-state index in [4.69, 9.17) is 0 Å². The van der Waals surface area contributed by atoms with Gasteiger partial charge in [-0.15, -0.1) is 0 Å². The Morgan fingerprint density at radius 3 is 2.31 bits per heavy atom. The van der Waals surface area contributed by atoms with Crippen molar-refractivity contribution in [1.82, 2.24) is 20.1 Å². The number of aromatic nitrogens is 3. The minimum absolute atomic E-state index is 0.131. The fourth-order valence-electron chi connectivity index (χ4n) is 3.24. The van der Waals surface area contributed by atoms with E-state index in [0.29, 0.717) is 10.1 Å². The van der Waals surface area contributed by atoms with Gasteiger partial charge >= 0.3 is 12.4 Å². The lowest BCUT2D eigenvalue weighted by Gasteiger charge is -2.27. The molecule has 32 heavy (non-hydrogen) atoms. The molecule has 0 spiro atoms. The van der Waals surface area contributed by atoms with Gasteiger partial charge in [-0.2, -0.15) is 31.4 Å². The van der Waals surface area contributed by atoms with Crippen LogP contribution < -0.4 is 5.32 Å². The predicted molar refractivity (Wildman–Crippen MR) is 105 cm³/mol. The van der Waals surface area contributed by atoms with Crippen LogP contribution in [0, 0.1) is 0 Å². The Labute approximate surface area is 179 Å². The Morgan fingerprint density at radius 2 is 1.72 bits per heavy atom. The third-order valence-corrected chi connectivity index (χ3v) is 5.35. The third-order valence-electron chi connectivity index (χ3n) is 5.35. The molecular weight excluding hydrogens is 438 g/mol. The summed E-state index contributed by atoms with van der Waals surface area (Å²) in [6.45, 7) is 3.45. The number of amides is 1. The number of carbonyl (C=O) groups excluding carboxylic acids is 1. The highest BCUT2D eigenvalue weighted by Crippen LogP contribution is 2.40. The monoisotopic (exact) mass is 458 g/mol. The van der Waals surface area contributed by atoms with Gasteiger partial charge in [0.1, 0.15) is 11.1 Å². The van der Waals surface area contributed by atoms with Crippen molar-refractivity contribution >= 4 is 16.8 Å². The van der Waals surface area contributed by atoms with Gasteiger partial charge in [-0.05, 0) is 45.0 Å². The van der Waals surface area contributed by atoms with Gasteiger partial charge in [0.25, 0.3) is 5.91 Å². The first-order valence-corrected chi connectivity index (χ1v) is 9.51. The predicted octanol–water partition coefficient (Wildman–Crippen LogP) is 5.32. The second-order valence-electron chi connectivity index (χ2n) is 7.99. The van der Waals surface area contributed by atoms with E-state index in [2.05, 4.69) is 15.4 Å². The van der Waals surface area contributed by atoms with Crippen LogP contribution in [0.4, 0.5) is 26.3 Å². The molecular formula is C21H20F6N4O. The second-order valence-corrected chi connectivity index (χ2v) is 7.99. The molecule has 1 N–H and O–H groups in total. The lowest BCUT2D eigenvalue weighted by Crippen LogP contribution is -2.37. The molecule has 2 aromatic heterocycles. The average molecular weight is 458 g/mol. The van der Waals surface area contributed by atoms with Crippen LogP contribution in [0.5, 0.6) is 0 Å². The standard InChI is InChI=1S/C21H20F6N4O/c1-11(14-10-28-31(4)17(14)20(22,23)24)29-18(32)13-5-7-15-12(9-13)6-8-16(30-15)19(2,3)21(25,26)27/h5-11H,1-4H3,(H,29,32)/t11-/m1/s1. The maximum Gasteiger partial charge on any atom is 0.433 e. The summed E-state index contributed by atoms with van der Waals surface area (Å²) in [4.78, 5) is 16.7. The van der Waals surface area contributed by atoms with Crippen LogP contribution >= 0.6 is 0 Å². The summed E-state index contributed by atoms with van der Waals surface area (Å²) in [5.41, 5.74) is -3.09. The Kier molecular flexibility index (Phi) is 5.73.